The van der Waals surface area contributed by atoms with E-state index in [1.807, 2.05) is 0 Å². The maximum atomic E-state index is 13.0. The third kappa shape index (κ3) is 3.03. The van der Waals surface area contributed by atoms with E-state index in [0.717, 1.165) is 0 Å². The monoisotopic (exact) mass is 355 g/mol. The molecule has 8 heteroatoms. The van der Waals surface area contributed by atoms with Crippen LogP contribution in [0.1, 0.15) is 34.8 Å². The molecule has 0 spiro atoms. The van der Waals surface area contributed by atoms with Crippen LogP contribution in [-0.2, 0) is 19.6 Å². The molecule has 0 aromatic heterocycles. The molecule has 1 aromatic rings. The zero-order chi connectivity index (χ0) is 18.3. The van der Waals surface area contributed by atoms with Crippen molar-refractivity contribution in [2.75, 3.05) is 20.2 Å². The summed E-state index contributed by atoms with van der Waals surface area (Å²) in [7, 11) is -2.67. The van der Waals surface area contributed by atoms with Gasteiger partial charge >= 0.3 is 11.9 Å². The number of carboxylic acids is 1. The number of ether oxygens (including phenoxy) is 1. The van der Waals surface area contributed by atoms with Gasteiger partial charge in [0.2, 0.25) is 10.0 Å². The van der Waals surface area contributed by atoms with Gasteiger partial charge in [0.1, 0.15) is 0 Å². The Kier molecular flexibility index (Phi) is 4.74. The number of rotatable bonds is 4. The van der Waals surface area contributed by atoms with Crippen molar-refractivity contribution in [3.8, 4) is 0 Å². The van der Waals surface area contributed by atoms with Crippen LogP contribution in [0, 0.1) is 19.3 Å². The Bertz CT molecular complexity index is 801. The average Bonchev–Trinajstić information content (AvgIpc) is 2.93. The molecule has 1 heterocycles. The molecule has 0 saturated carbocycles. The topological polar surface area (TPSA) is 101 Å². The van der Waals surface area contributed by atoms with Gasteiger partial charge in [-0.3, -0.25) is 4.79 Å². The van der Waals surface area contributed by atoms with E-state index in [2.05, 4.69) is 4.74 Å². The fourth-order valence-corrected chi connectivity index (χ4v) is 4.66. The molecule has 1 N–H and O–H groups in total. The van der Waals surface area contributed by atoms with E-state index in [0.29, 0.717) is 11.1 Å². The number of methoxy groups -OCH3 is 1. The second-order valence-corrected chi connectivity index (χ2v) is 8.27. The first-order valence-electron chi connectivity index (χ1n) is 7.46. The average molecular weight is 355 g/mol. The summed E-state index contributed by atoms with van der Waals surface area (Å²) in [5, 5.41) is 9.29. The second-order valence-electron chi connectivity index (χ2n) is 6.36. The van der Waals surface area contributed by atoms with E-state index in [-0.39, 0.29) is 30.0 Å². The van der Waals surface area contributed by atoms with Crippen molar-refractivity contribution in [2.45, 2.75) is 32.1 Å². The van der Waals surface area contributed by atoms with Gasteiger partial charge in [0.05, 0.1) is 23.0 Å². The highest BCUT2D eigenvalue weighted by atomic mass is 32.2. The number of aryl methyl sites for hydroxylation is 1. The molecule has 0 amide bonds. The maximum absolute atomic E-state index is 13.0. The van der Waals surface area contributed by atoms with E-state index in [9.17, 15) is 23.1 Å². The Morgan fingerprint density at radius 1 is 1.29 bits per heavy atom. The maximum Gasteiger partial charge on any atom is 0.337 e. The molecular weight excluding hydrogens is 334 g/mol. The number of esters is 1. The quantitative estimate of drug-likeness (QED) is 0.823. The minimum absolute atomic E-state index is 0.0116. The molecule has 2 rings (SSSR count). The van der Waals surface area contributed by atoms with Crippen molar-refractivity contribution in [1.29, 1.82) is 0 Å². The standard InChI is InChI=1S/C16H21NO6S/c1-10-7-12(14(18)23-4)8-13(11(10)2)24(21,22)17-6-5-16(3,9-17)15(19)20/h7-8H,5-6,9H2,1-4H3,(H,19,20). The molecule has 1 atom stereocenters. The number of hydrogen-bond donors (Lipinski definition) is 1. The lowest BCUT2D eigenvalue weighted by atomic mass is 9.90. The summed E-state index contributed by atoms with van der Waals surface area (Å²) in [5.74, 6) is -1.64. The van der Waals surface area contributed by atoms with Gasteiger partial charge in [0, 0.05) is 13.1 Å². The van der Waals surface area contributed by atoms with Crippen LogP contribution in [0.25, 0.3) is 0 Å². The molecule has 0 radical (unpaired) electrons. The fraction of sp³-hybridized carbons (Fsp3) is 0.500. The van der Waals surface area contributed by atoms with Crippen LogP contribution in [0.4, 0.5) is 0 Å². The first-order valence-corrected chi connectivity index (χ1v) is 8.90. The molecule has 0 aliphatic carbocycles. The first kappa shape index (κ1) is 18.4. The van der Waals surface area contributed by atoms with Gasteiger partial charge in [-0.05, 0) is 50.5 Å². The van der Waals surface area contributed by atoms with Crippen LogP contribution >= 0.6 is 0 Å². The van der Waals surface area contributed by atoms with E-state index < -0.39 is 27.4 Å². The van der Waals surface area contributed by atoms with E-state index in [1.165, 1.54) is 24.4 Å². The summed E-state index contributed by atoms with van der Waals surface area (Å²) in [6.07, 6.45) is 0.246. The lowest BCUT2D eigenvalue weighted by Gasteiger charge is -2.21. The highest BCUT2D eigenvalue weighted by molar-refractivity contribution is 7.89. The van der Waals surface area contributed by atoms with Gasteiger partial charge in [0.15, 0.2) is 0 Å². The second kappa shape index (κ2) is 6.18. The van der Waals surface area contributed by atoms with Crippen LogP contribution in [0.3, 0.4) is 0 Å². The molecule has 1 aliphatic rings. The Balaban J connectivity index is 2.49. The number of nitrogens with zero attached hydrogens (tertiary/aromatic N) is 1. The summed E-state index contributed by atoms with van der Waals surface area (Å²) >= 11 is 0. The van der Waals surface area contributed by atoms with Crippen molar-refractivity contribution < 1.29 is 27.9 Å². The van der Waals surface area contributed by atoms with E-state index in [4.69, 9.17) is 0 Å². The summed E-state index contributed by atoms with van der Waals surface area (Å²) in [6, 6.07) is 2.87. The Labute approximate surface area is 141 Å². The van der Waals surface area contributed by atoms with Crippen LogP contribution in [0.5, 0.6) is 0 Å². The van der Waals surface area contributed by atoms with E-state index in [1.54, 1.807) is 19.9 Å². The van der Waals surface area contributed by atoms with Crippen LogP contribution < -0.4 is 0 Å². The van der Waals surface area contributed by atoms with Crippen LogP contribution in [0.2, 0.25) is 0 Å². The normalized spacial score (nSPS) is 21.7. The molecular formula is C16H21NO6S. The lowest BCUT2D eigenvalue weighted by Crippen LogP contribution is -2.35. The highest BCUT2D eigenvalue weighted by Crippen LogP contribution is 2.35. The fourth-order valence-electron chi connectivity index (χ4n) is 2.77. The van der Waals surface area contributed by atoms with Crippen molar-refractivity contribution in [3.05, 3.63) is 28.8 Å². The Morgan fingerprint density at radius 3 is 2.42 bits per heavy atom. The van der Waals surface area contributed by atoms with Gasteiger partial charge < -0.3 is 9.84 Å². The summed E-state index contributed by atoms with van der Waals surface area (Å²) in [6.45, 7) is 4.95. The van der Waals surface area contributed by atoms with Crippen molar-refractivity contribution >= 4 is 22.0 Å². The predicted molar refractivity (Wildman–Crippen MR) is 86.4 cm³/mol. The molecule has 0 bridgehead atoms. The number of carboxylic acid groups (broad SMARTS) is 1. The van der Waals surface area contributed by atoms with E-state index >= 15 is 0 Å². The number of carbonyl (C=O) groups excluding carboxylic acids is 1. The minimum atomic E-state index is -3.90. The van der Waals surface area contributed by atoms with Crippen molar-refractivity contribution in [2.24, 2.45) is 5.41 Å². The summed E-state index contributed by atoms with van der Waals surface area (Å²) in [4.78, 5) is 23.1. The zero-order valence-electron chi connectivity index (χ0n) is 14.1. The number of sulfonamides is 1. The molecule has 24 heavy (non-hydrogen) atoms. The number of aliphatic carboxylic acids is 1. The third-order valence-electron chi connectivity index (χ3n) is 4.61. The predicted octanol–water partition coefficient (Wildman–Crippen LogP) is 1.58. The minimum Gasteiger partial charge on any atom is -0.481 e. The highest BCUT2D eigenvalue weighted by Gasteiger charge is 2.45. The molecule has 1 unspecified atom stereocenters. The number of benzene rings is 1. The van der Waals surface area contributed by atoms with Gasteiger partial charge in [0.25, 0.3) is 0 Å². The van der Waals surface area contributed by atoms with Gasteiger partial charge in [-0.2, -0.15) is 4.31 Å². The molecule has 1 aromatic carbocycles. The lowest BCUT2D eigenvalue weighted by molar-refractivity contribution is -0.146. The number of carbonyl (C=O) groups is 2. The molecule has 132 valence electrons. The summed E-state index contributed by atoms with van der Waals surface area (Å²) in [5.41, 5.74) is 0.235. The molecule has 7 nitrogen and oxygen atoms in total. The van der Waals surface area contributed by atoms with Crippen LogP contribution in [-0.4, -0.2) is 50.0 Å². The van der Waals surface area contributed by atoms with Gasteiger partial charge in [-0.15, -0.1) is 0 Å². The van der Waals surface area contributed by atoms with Gasteiger partial charge in [-0.25, -0.2) is 13.2 Å². The SMILES string of the molecule is COC(=O)c1cc(C)c(C)c(S(=O)(=O)N2CCC(C)(C(=O)O)C2)c1. The van der Waals surface area contributed by atoms with Gasteiger partial charge in [-0.1, -0.05) is 0 Å². The number of hydrogen-bond acceptors (Lipinski definition) is 5. The Hall–Kier alpha value is -1.93. The smallest absolute Gasteiger partial charge is 0.337 e. The first-order chi connectivity index (χ1) is 11.0. The Morgan fingerprint density at radius 2 is 1.92 bits per heavy atom. The zero-order valence-corrected chi connectivity index (χ0v) is 14.9. The van der Waals surface area contributed by atoms with Crippen LogP contribution in [0.15, 0.2) is 17.0 Å². The molecule has 1 fully saturated rings. The molecule has 1 saturated heterocycles. The third-order valence-corrected chi connectivity index (χ3v) is 6.58. The van der Waals surface area contributed by atoms with Crippen molar-refractivity contribution in [1.82, 2.24) is 4.31 Å². The summed E-state index contributed by atoms with van der Waals surface area (Å²) < 4.78 is 31.8. The molecule has 1 aliphatic heterocycles. The van der Waals surface area contributed by atoms with Crippen molar-refractivity contribution in [3.63, 3.8) is 0 Å². The largest absolute Gasteiger partial charge is 0.481 e.